The van der Waals surface area contributed by atoms with E-state index in [4.69, 9.17) is 5.26 Å². The van der Waals surface area contributed by atoms with Crippen molar-refractivity contribution in [2.75, 3.05) is 5.32 Å². The normalized spacial score (nSPS) is 9.89. The molecule has 0 aliphatic heterocycles. The van der Waals surface area contributed by atoms with E-state index in [0.29, 0.717) is 11.3 Å². The molecule has 0 spiro atoms. The number of halogens is 2. The van der Waals surface area contributed by atoms with Crippen molar-refractivity contribution in [2.24, 2.45) is 0 Å². The van der Waals surface area contributed by atoms with Gasteiger partial charge in [0.1, 0.15) is 5.82 Å². The van der Waals surface area contributed by atoms with Crippen molar-refractivity contribution >= 4 is 27.3 Å². The van der Waals surface area contributed by atoms with Crippen LogP contribution in [0.1, 0.15) is 11.1 Å². The standard InChI is InChI=1S/C14H10BrFN2/c1-9-2-3-14(13(15)4-9)18-12-6-10(8-17)5-11(16)7-12/h2-7,18H,1H3. The number of nitrogens with zero attached hydrogens (tertiary/aromatic N) is 1. The van der Waals surface area contributed by atoms with Crippen molar-refractivity contribution in [3.8, 4) is 6.07 Å². The molecule has 2 aromatic rings. The number of hydrogen-bond donors (Lipinski definition) is 1. The molecule has 0 aromatic heterocycles. The SMILES string of the molecule is Cc1ccc(Nc2cc(F)cc(C#N)c2)c(Br)c1. The maximum atomic E-state index is 13.3. The third-order valence-electron chi connectivity index (χ3n) is 2.43. The first-order valence-corrected chi connectivity index (χ1v) is 6.11. The molecule has 2 aromatic carbocycles. The van der Waals surface area contributed by atoms with Gasteiger partial charge in [0.05, 0.1) is 17.3 Å². The number of hydrogen-bond acceptors (Lipinski definition) is 2. The molecule has 0 unspecified atom stereocenters. The first-order chi connectivity index (χ1) is 8.58. The summed E-state index contributed by atoms with van der Waals surface area (Å²) >= 11 is 3.44. The third kappa shape index (κ3) is 2.88. The molecule has 4 heteroatoms. The zero-order valence-electron chi connectivity index (χ0n) is 9.67. The lowest BCUT2D eigenvalue weighted by atomic mass is 10.2. The second kappa shape index (κ2) is 5.19. The fourth-order valence-electron chi connectivity index (χ4n) is 1.60. The zero-order valence-corrected chi connectivity index (χ0v) is 11.3. The van der Waals surface area contributed by atoms with Crippen LogP contribution in [0, 0.1) is 24.1 Å². The number of benzene rings is 2. The van der Waals surface area contributed by atoms with Crippen LogP contribution >= 0.6 is 15.9 Å². The highest BCUT2D eigenvalue weighted by Crippen LogP contribution is 2.27. The van der Waals surface area contributed by atoms with Gasteiger partial charge in [-0.25, -0.2) is 4.39 Å². The second-order valence-electron chi connectivity index (χ2n) is 3.95. The average Bonchev–Trinajstić information content (AvgIpc) is 2.32. The summed E-state index contributed by atoms with van der Waals surface area (Å²) in [6, 6.07) is 11.9. The molecule has 0 saturated carbocycles. The Bertz CT molecular complexity index is 632. The van der Waals surface area contributed by atoms with E-state index >= 15 is 0 Å². The van der Waals surface area contributed by atoms with Crippen molar-refractivity contribution in [3.05, 3.63) is 57.8 Å². The lowest BCUT2D eigenvalue weighted by molar-refractivity contribution is 0.628. The first kappa shape index (κ1) is 12.6. The highest BCUT2D eigenvalue weighted by molar-refractivity contribution is 9.10. The van der Waals surface area contributed by atoms with E-state index in [-0.39, 0.29) is 0 Å². The number of aryl methyl sites for hydroxylation is 1. The summed E-state index contributed by atoms with van der Waals surface area (Å²) in [5.41, 5.74) is 2.80. The van der Waals surface area contributed by atoms with Crippen molar-refractivity contribution in [1.29, 1.82) is 5.26 Å². The van der Waals surface area contributed by atoms with E-state index in [2.05, 4.69) is 21.2 Å². The highest BCUT2D eigenvalue weighted by Gasteiger charge is 2.04. The summed E-state index contributed by atoms with van der Waals surface area (Å²) in [6.07, 6.45) is 0. The maximum absolute atomic E-state index is 13.3. The van der Waals surface area contributed by atoms with Gasteiger partial charge in [-0.15, -0.1) is 0 Å². The highest BCUT2D eigenvalue weighted by atomic mass is 79.9. The molecule has 2 rings (SSSR count). The summed E-state index contributed by atoms with van der Waals surface area (Å²) in [7, 11) is 0. The van der Waals surface area contributed by atoms with Crippen LogP contribution in [0.5, 0.6) is 0 Å². The summed E-state index contributed by atoms with van der Waals surface area (Å²) < 4.78 is 14.2. The van der Waals surface area contributed by atoms with Crippen LogP contribution in [0.15, 0.2) is 40.9 Å². The molecular formula is C14H10BrFN2. The minimum Gasteiger partial charge on any atom is -0.354 e. The van der Waals surface area contributed by atoms with Crippen LogP contribution in [0.2, 0.25) is 0 Å². The Morgan fingerprint density at radius 3 is 2.67 bits per heavy atom. The first-order valence-electron chi connectivity index (χ1n) is 5.32. The Kier molecular flexibility index (Phi) is 3.63. The zero-order chi connectivity index (χ0) is 13.1. The Hall–Kier alpha value is -1.86. The molecule has 0 atom stereocenters. The van der Waals surface area contributed by atoms with E-state index in [9.17, 15) is 4.39 Å². The molecule has 0 radical (unpaired) electrons. The van der Waals surface area contributed by atoms with E-state index in [1.807, 2.05) is 31.2 Å². The van der Waals surface area contributed by atoms with Crippen molar-refractivity contribution in [1.82, 2.24) is 0 Å². The molecule has 2 nitrogen and oxygen atoms in total. The van der Waals surface area contributed by atoms with Crippen molar-refractivity contribution in [3.63, 3.8) is 0 Å². The van der Waals surface area contributed by atoms with Gasteiger partial charge in [0, 0.05) is 10.2 Å². The maximum Gasteiger partial charge on any atom is 0.126 e. The molecule has 18 heavy (non-hydrogen) atoms. The van der Waals surface area contributed by atoms with Crippen LogP contribution in [-0.4, -0.2) is 0 Å². The van der Waals surface area contributed by atoms with Gasteiger partial charge in [-0.3, -0.25) is 0 Å². The summed E-state index contributed by atoms with van der Waals surface area (Å²) in [5.74, 6) is -0.431. The fourth-order valence-corrected chi connectivity index (χ4v) is 2.20. The summed E-state index contributed by atoms with van der Waals surface area (Å²) in [4.78, 5) is 0. The molecule has 90 valence electrons. The number of rotatable bonds is 2. The number of anilines is 2. The van der Waals surface area contributed by atoms with Crippen LogP contribution < -0.4 is 5.32 Å². The molecule has 0 aliphatic rings. The Morgan fingerprint density at radius 1 is 1.22 bits per heavy atom. The molecule has 0 aliphatic carbocycles. The molecule has 0 bridgehead atoms. The summed E-state index contributed by atoms with van der Waals surface area (Å²) in [6.45, 7) is 1.99. The van der Waals surface area contributed by atoms with Gasteiger partial charge in [-0.2, -0.15) is 5.26 Å². The fraction of sp³-hybridized carbons (Fsp3) is 0.0714. The van der Waals surface area contributed by atoms with Crippen LogP contribution in [-0.2, 0) is 0 Å². The Morgan fingerprint density at radius 2 is 2.00 bits per heavy atom. The van der Waals surface area contributed by atoms with Gasteiger partial charge >= 0.3 is 0 Å². The van der Waals surface area contributed by atoms with E-state index in [1.165, 1.54) is 12.1 Å². The monoisotopic (exact) mass is 304 g/mol. The molecule has 1 N–H and O–H groups in total. The Labute approximate surface area is 113 Å². The molecule has 0 amide bonds. The minimum atomic E-state index is -0.431. The van der Waals surface area contributed by atoms with Crippen molar-refractivity contribution < 1.29 is 4.39 Å². The number of nitrogens with one attached hydrogen (secondary N) is 1. The smallest absolute Gasteiger partial charge is 0.126 e. The van der Waals surface area contributed by atoms with Crippen molar-refractivity contribution in [2.45, 2.75) is 6.92 Å². The van der Waals surface area contributed by atoms with Gasteiger partial charge in [-0.1, -0.05) is 6.07 Å². The quantitative estimate of drug-likeness (QED) is 0.886. The predicted molar refractivity (Wildman–Crippen MR) is 73.3 cm³/mol. The Balaban J connectivity index is 2.34. The van der Waals surface area contributed by atoms with Gasteiger partial charge in [0.2, 0.25) is 0 Å². The largest absolute Gasteiger partial charge is 0.354 e. The van der Waals surface area contributed by atoms with Gasteiger partial charge in [-0.05, 0) is 58.7 Å². The lowest BCUT2D eigenvalue weighted by Crippen LogP contribution is -1.93. The lowest BCUT2D eigenvalue weighted by Gasteiger charge is -2.09. The number of nitriles is 1. The predicted octanol–water partition coefficient (Wildman–Crippen LogP) is 4.51. The van der Waals surface area contributed by atoms with Crippen LogP contribution in [0.25, 0.3) is 0 Å². The second-order valence-corrected chi connectivity index (χ2v) is 4.80. The van der Waals surface area contributed by atoms with Crippen LogP contribution in [0.4, 0.5) is 15.8 Å². The molecule has 0 heterocycles. The third-order valence-corrected chi connectivity index (χ3v) is 3.09. The molecule has 0 saturated heterocycles. The molecular weight excluding hydrogens is 295 g/mol. The van der Waals surface area contributed by atoms with E-state index < -0.39 is 5.82 Å². The van der Waals surface area contributed by atoms with E-state index in [0.717, 1.165) is 15.7 Å². The summed E-state index contributed by atoms with van der Waals surface area (Å²) in [5, 5.41) is 11.9. The van der Waals surface area contributed by atoms with Crippen LogP contribution in [0.3, 0.4) is 0 Å². The topological polar surface area (TPSA) is 35.8 Å². The molecule has 0 fully saturated rings. The van der Waals surface area contributed by atoms with E-state index in [1.54, 1.807) is 6.07 Å². The average molecular weight is 305 g/mol. The van der Waals surface area contributed by atoms with Gasteiger partial charge in [0.25, 0.3) is 0 Å². The van der Waals surface area contributed by atoms with Gasteiger partial charge < -0.3 is 5.32 Å². The minimum absolute atomic E-state index is 0.292. The van der Waals surface area contributed by atoms with Gasteiger partial charge in [0.15, 0.2) is 0 Å².